The molecule has 0 bridgehead atoms. The first-order valence-electron chi connectivity index (χ1n) is 7.58. The van der Waals surface area contributed by atoms with Gasteiger partial charge in [-0.25, -0.2) is 0 Å². The van der Waals surface area contributed by atoms with E-state index in [0.717, 1.165) is 37.3 Å². The number of nitrogens with one attached hydrogen (secondary N) is 1. The fraction of sp³-hybridized carbons (Fsp3) is 0.389. The molecular formula is C18H24N2O. The zero-order chi connectivity index (χ0) is 14.9. The SMILES string of the molecule is CCNC(CCc1ccccn1)Cc1cccc(OC)c1. The van der Waals surface area contributed by atoms with Gasteiger partial charge < -0.3 is 10.1 Å². The summed E-state index contributed by atoms with van der Waals surface area (Å²) in [6.45, 7) is 3.14. The van der Waals surface area contributed by atoms with Crippen molar-refractivity contribution >= 4 is 0 Å². The summed E-state index contributed by atoms with van der Waals surface area (Å²) in [6.07, 6.45) is 4.96. The van der Waals surface area contributed by atoms with Crippen LogP contribution in [0.5, 0.6) is 5.75 Å². The number of methoxy groups -OCH3 is 1. The van der Waals surface area contributed by atoms with E-state index in [1.165, 1.54) is 5.56 Å². The lowest BCUT2D eigenvalue weighted by Gasteiger charge is -2.18. The Morgan fingerprint density at radius 2 is 2.10 bits per heavy atom. The summed E-state index contributed by atoms with van der Waals surface area (Å²) in [5.74, 6) is 0.924. The van der Waals surface area contributed by atoms with Gasteiger partial charge in [-0.05, 0) is 55.6 Å². The molecule has 0 fully saturated rings. The number of likely N-dealkylation sites (N-methyl/N-ethyl adjacent to an activating group) is 1. The quantitative estimate of drug-likeness (QED) is 0.808. The number of aromatic nitrogens is 1. The Morgan fingerprint density at radius 1 is 1.19 bits per heavy atom. The average Bonchev–Trinajstić information content (AvgIpc) is 2.54. The Labute approximate surface area is 127 Å². The van der Waals surface area contributed by atoms with Gasteiger partial charge in [-0.15, -0.1) is 0 Å². The van der Waals surface area contributed by atoms with Crippen LogP contribution in [0.3, 0.4) is 0 Å². The van der Waals surface area contributed by atoms with Gasteiger partial charge in [0.25, 0.3) is 0 Å². The van der Waals surface area contributed by atoms with Gasteiger partial charge in [-0.3, -0.25) is 4.98 Å². The molecule has 0 aliphatic heterocycles. The highest BCUT2D eigenvalue weighted by Gasteiger charge is 2.09. The molecule has 0 aliphatic rings. The van der Waals surface area contributed by atoms with Gasteiger partial charge in [0.2, 0.25) is 0 Å². The number of aryl methyl sites for hydroxylation is 1. The third-order valence-electron chi connectivity index (χ3n) is 3.58. The highest BCUT2D eigenvalue weighted by Crippen LogP contribution is 2.15. The van der Waals surface area contributed by atoms with E-state index in [9.17, 15) is 0 Å². The number of rotatable bonds is 8. The zero-order valence-electron chi connectivity index (χ0n) is 12.9. The highest BCUT2D eigenvalue weighted by atomic mass is 16.5. The monoisotopic (exact) mass is 284 g/mol. The molecule has 1 N–H and O–H groups in total. The van der Waals surface area contributed by atoms with Crippen LogP contribution in [0.1, 0.15) is 24.6 Å². The minimum Gasteiger partial charge on any atom is -0.497 e. The van der Waals surface area contributed by atoms with Crippen LogP contribution in [0.2, 0.25) is 0 Å². The lowest BCUT2D eigenvalue weighted by molar-refractivity contribution is 0.413. The van der Waals surface area contributed by atoms with Gasteiger partial charge in [-0.2, -0.15) is 0 Å². The molecule has 0 spiro atoms. The molecule has 0 amide bonds. The van der Waals surface area contributed by atoms with E-state index >= 15 is 0 Å². The Bertz CT molecular complexity index is 528. The molecule has 1 aromatic heterocycles. The second kappa shape index (κ2) is 8.42. The summed E-state index contributed by atoms with van der Waals surface area (Å²) >= 11 is 0. The van der Waals surface area contributed by atoms with E-state index in [4.69, 9.17) is 4.74 Å². The maximum Gasteiger partial charge on any atom is 0.119 e. The van der Waals surface area contributed by atoms with Gasteiger partial charge in [-0.1, -0.05) is 25.1 Å². The fourth-order valence-electron chi connectivity index (χ4n) is 2.52. The van der Waals surface area contributed by atoms with Gasteiger partial charge in [0.15, 0.2) is 0 Å². The van der Waals surface area contributed by atoms with E-state index < -0.39 is 0 Å². The van der Waals surface area contributed by atoms with Crippen molar-refractivity contribution in [2.45, 2.75) is 32.2 Å². The summed E-state index contributed by atoms with van der Waals surface area (Å²) in [5, 5.41) is 3.57. The number of pyridine rings is 1. The second-order valence-electron chi connectivity index (χ2n) is 5.17. The molecule has 1 aromatic carbocycles. The summed E-state index contributed by atoms with van der Waals surface area (Å²) in [6, 6.07) is 14.9. The molecular weight excluding hydrogens is 260 g/mol. The molecule has 0 saturated heterocycles. The third-order valence-corrected chi connectivity index (χ3v) is 3.58. The van der Waals surface area contributed by atoms with Crippen LogP contribution in [0.25, 0.3) is 0 Å². The number of nitrogens with zero attached hydrogens (tertiary/aromatic N) is 1. The van der Waals surface area contributed by atoms with Gasteiger partial charge >= 0.3 is 0 Å². The Balaban J connectivity index is 1.94. The van der Waals surface area contributed by atoms with Crippen molar-refractivity contribution in [3.05, 3.63) is 59.9 Å². The van der Waals surface area contributed by atoms with Crippen LogP contribution in [-0.2, 0) is 12.8 Å². The van der Waals surface area contributed by atoms with Crippen LogP contribution >= 0.6 is 0 Å². The average molecular weight is 284 g/mol. The molecule has 0 aliphatic carbocycles. The molecule has 3 heteroatoms. The third kappa shape index (κ3) is 5.20. The standard InChI is InChI=1S/C18H24N2O/c1-3-19-17(11-10-16-8-4-5-12-20-16)13-15-7-6-9-18(14-15)21-2/h4-9,12,14,17,19H,3,10-11,13H2,1-2H3. The number of hydrogen-bond acceptors (Lipinski definition) is 3. The maximum atomic E-state index is 5.30. The normalized spacial score (nSPS) is 12.1. The summed E-state index contributed by atoms with van der Waals surface area (Å²) in [7, 11) is 1.71. The lowest BCUT2D eigenvalue weighted by atomic mass is 10.0. The van der Waals surface area contributed by atoms with E-state index in [2.05, 4.69) is 41.5 Å². The van der Waals surface area contributed by atoms with Crippen molar-refractivity contribution in [1.29, 1.82) is 0 Å². The van der Waals surface area contributed by atoms with Crippen LogP contribution in [0, 0.1) is 0 Å². The molecule has 1 atom stereocenters. The first-order valence-corrected chi connectivity index (χ1v) is 7.58. The van der Waals surface area contributed by atoms with Crippen molar-refractivity contribution in [2.24, 2.45) is 0 Å². The topological polar surface area (TPSA) is 34.2 Å². The zero-order valence-corrected chi connectivity index (χ0v) is 12.9. The molecule has 2 rings (SSSR count). The number of ether oxygens (including phenoxy) is 1. The number of hydrogen-bond donors (Lipinski definition) is 1. The molecule has 2 aromatic rings. The van der Waals surface area contributed by atoms with Crippen LogP contribution < -0.4 is 10.1 Å². The van der Waals surface area contributed by atoms with Crippen LogP contribution in [0.4, 0.5) is 0 Å². The molecule has 1 heterocycles. The molecule has 1 unspecified atom stereocenters. The Morgan fingerprint density at radius 3 is 2.81 bits per heavy atom. The number of benzene rings is 1. The molecule has 21 heavy (non-hydrogen) atoms. The van der Waals surface area contributed by atoms with Crippen molar-refractivity contribution in [1.82, 2.24) is 10.3 Å². The van der Waals surface area contributed by atoms with Crippen molar-refractivity contribution in [2.75, 3.05) is 13.7 Å². The van der Waals surface area contributed by atoms with Gasteiger partial charge in [0.05, 0.1) is 7.11 Å². The fourth-order valence-corrected chi connectivity index (χ4v) is 2.52. The van der Waals surface area contributed by atoms with Crippen molar-refractivity contribution in [3.63, 3.8) is 0 Å². The van der Waals surface area contributed by atoms with Gasteiger partial charge in [0, 0.05) is 17.9 Å². The highest BCUT2D eigenvalue weighted by molar-refractivity contribution is 5.29. The predicted octanol–water partition coefficient (Wildman–Crippen LogP) is 3.24. The molecule has 0 saturated carbocycles. The minimum absolute atomic E-state index is 0.462. The summed E-state index contributed by atoms with van der Waals surface area (Å²) < 4.78 is 5.30. The largest absolute Gasteiger partial charge is 0.497 e. The summed E-state index contributed by atoms with van der Waals surface area (Å²) in [5.41, 5.74) is 2.47. The van der Waals surface area contributed by atoms with Crippen LogP contribution in [0.15, 0.2) is 48.7 Å². The maximum absolute atomic E-state index is 5.30. The van der Waals surface area contributed by atoms with Crippen molar-refractivity contribution < 1.29 is 4.74 Å². The van der Waals surface area contributed by atoms with E-state index in [0.29, 0.717) is 6.04 Å². The minimum atomic E-state index is 0.462. The molecule has 112 valence electrons. The van der Waals surface area contributed by atoms with Gasteiger partial charge in [0.1, 0.15) is 5.75 Å². The van der Waals surface area contributed by atoms with E-state index in [1.807, 2.05) is 24.4 Å². The summed E-state index contributed by atoms with van der Waals surface area (Å²) in [4.78, 5) is 4.40. The lowest BCUT2D eigenvalue weighted by Crippen LogP contribution is -2.31. The second-order valence-corrected chi connectivity index (χ2v) is 5.17. The molecule has 0 radical (unpaired) electrons. The van der Waals surface area contributed by atoms with Crippen molar-refractivity contribution in [3.8, 4) is 5.75 Å². The molecule has 3 nitrogen and oxygen atoms in total. The van der Waals surface area contributed by atoms with Crippen LogP contribution in [-0.4, -0.2) is 24.7 Å². The predicted molar refractivity (Wildman–Crippen MR) is 86.7 cm³/mol. The Kier molecular flexibility index (Phi) is 6.22. The smallest absolute Gasteiger partial charge is 0.119 e. The first-order chi connectivity index (χ1) is 10.3. The van der Waals surface area contributed by atoms with E-state index in [1.54, 1.807) is 7.11 Å². The Hall–Kier alpha value is -1.87. The first kappa shape index (κ1) is 15.5. The van der Waals surface area contributed by atoms with E-state index in [-0.39, 0.29) is 0 Å².